The normalized spacial score (nSPS) is 15.1. The summed E-state index contributed by atoms with van der Waals surface area (Å²) in [6.07, 6.45) is 0. The first-order chi connectivity index (χ1) is 28.3. The van der Waals surface area contributed by atoms with Crippen molar-refractivity contribution in [3.63, 3.8) is 0 Å². The van der Waals surface area contributed by atoms with Crippen LogP contribution in [0.3, 0.4) is 0 Å². The highest BCUT2D eigenvalue weighted by atomic mass is 15.1. The Hall–Kier alpha value is -6.70. The van der Waals surface area contributed by atoms with Crippen LogP contribution < -0.4 is 4.90 Å². The summed E-state index contributed by atoms with van der Waals surface area (Å²) in [5, 5.41) is 0. The Morgan fingerprint density at radius 3 is 1.36 bits per heavy atom. The van der Waals surface area contributed by atoms with Gasteiger partial charge in [0.2, 0.25) is 0 Å². The summed E-state index contributed by atoms with van der Waals surface area (Å²) in [5.74, 6) is 0. The molecule has 8 aromatic carbocycles. The van der Waals surface area contributed by atoms with E-state index in [4.69, 9.17) is 4.11 Å². The number of fused-ring (bicyclic) bond motifs is 13. The average Bonchev–Trinajstić information content (AvgIpc) is 3.82. The number of nitrogens with zero attached hydrogens (tertiary/aromatic N) is 1. The van der Waals surface area contributed by atoms with Crippen molar-refractivity contribution in [3.8, 4) is 44.5 Å². The standard InChI is InChI=1S/C54H39N/c1-4-35-21-23-36(24-22-35)37-25-27-38(28-26-37)55(39-29-31-45-41-13-5-9-17-47(41)53(2,3)51(45)33-39)40-30-32-46-44-16-8-12-20-50(44)54(52(46)34-40)48-18-10-6-14-42(48)43-15-7-11-19-49(43)54/h4-34H,1H2,2-3H3/i1D2,4D. The minimum absolute atomic E-state index is 0.0815. The smallest absolute Gasteiger partial charge is 0.0726 e. The first-order valence-electron chi connectivity index (χ1n) is 20.6. The SMILES string of the molecule is [2H]C([2H])=C([2H])c1ccc(-c2ccc(N(c3ccc4c(c3)C(C)(C)c3ccccc3-4)c3ccc4c(c3)C3(c5ccccc5-c5ccccc53)c3ccccc3-4)cc2)cc1. The third kappa shape index (κ3) is 4.35. The van der Waals surface area contributed by atoms with Crippen molar-refractivity contribution in [1.29, 1.82) is 0 Å². The van der Waals surface area contributed by atoms with E-state index in [1.807, 2.05) is 24.3 Å². The Morgan fingerprint density at radius 1 is 0.436 bits per heavy atom. The third-order valence-corrected chi connectivity index (χ3v) is 12.6. The van der Waals surface area contributed by atoms with Gasteiger partial charge in [-0.3, -0.25) is 0 Å². The van der Waals surface area contributed by atoms with Crippen molar-refractivity contribution in [2.45, 2.75) is 24.7 Å². The molecule has 3 aliphatic carbocycles. The summed E-state index contributed by atoms with van der Waals surface area (Å²) >= 11 is 0. The van der Waals surface area contributed by atoms with Gasteiger partial charge < -0.3 is 4.90 Å². The van der Waals surface area contributed by atoms with Gasteiger partial charge in [0.1, 0.15) is 0 Å². The molecule has 0 amide bonds. The zero-order valence-electron chi connectivity index (χ0n) is 33.8. The van der Waals surface area contributed by atoms with Gasteiger partial charge in [0.05, 0.1) is 9.53 Å². The molecule has 0 saturated carbocycles. The fourth-order valence-corrected chi connectivity index (χ4v) is 10.0. The number of rotatable bonds is 5. The summed E-state index contributed by atoms with van der Waals surface area (Å²) in [7, 11) is 0. The summed E-state index contributed by atoms with van der Waals surface area (Å²) < 4.78 is 23.3. The fraction of sp³-hybridized carbons (Fsp3) is 0.0741. The minimum Gasteiger partial charge on any atom is -0.310 e. The van der Waals surface area contributed by atoms with Crippen LogP contribution in [0, 0.1) is 0 Å². The largest absolute Gasteiger partial charge is 0.310 e. The molecule has 260 valence electrons. The summed E-state index contributed by atoms with van der Waals surface area (Å²) in [4.78, 5) is 2.41. The quantitative estimate of drug-likeness (QED) is 0.172. The Labute approximate surface area is 327 Å². The second kappa shape index (κ2) is 11.6. The molecule has 0 aliphatic heterocycles. The zero-order valence-corrected chi connectivity index (χ0v) is 30.8. The molecule has 0 bridgehead atoms. The van der Waals surface area contributed by atoms with Crippen LogP contribution in [-0.4, -0.2) is 0 Å². The molecule has 0 N–H and O–H groups in total. The van der Waals surface area contributed by atoms with Crippen molar-refractivity contribution in [2.24, 2.45) is 0 Å². The van der Waals surface area contributed by atoms with E-state index in [2.05, 4.69) is 176 Å². The second-order valence-corrected chi connectivity index (χ2v) is 15.6. The van der Waals surface area contributed by atoms with E-state index in [9.17, 15) is 0 Å². The van der Waals surface area contributed by atoms with Gasteiger partial charge in [0, 0.05) is 22.5 Å². The number of hydrogen-bond donors (Lipinski definition) is 0. The molecule has 0 aromatic heterocycles. The molecular formula is C54H39N. The van der Waals surface area contributed by atoms with Crippen LogP contribution in [0.15, 0.2) is 189 Å². The Morgan fingerprint density at radius 2 is 0.836 bits per heavy atom. The summed E-state index contributed by atoms with van der Waals surface area (Å²) in [5.41, 5.74) is 21.0. The molecule has 1 nitrogen and oxygen atoms in total. The molecule has 1 spiro atoms. The topological polar surface area (TPSA) is 3.24 Å². The molecule has 11 rings (SSSR count). The van der Waals surface area contributed by atoms with Crippen LogP contribution in [-0.2, 0) is 10.8 Å². The lowest BCUT2D eigenvalue weighted by Gasteiger charge is -2.32. The first-order valence-corrected chi connectivity index (χ1v) is 19.1. The molecule has 3 aliphatic rings. The van der Waals surface area contributed by atoms with Gasteiger partial charge in [-0.05, 0) is 120 Å². The van der Waals surface area contributed by atoms with Crippen molar-refractivity contribution in [2.75, 3.05) is 4.90 Å². The molecule has 0 radical (unpaired) electrons. The van der Waals surface area contributed by atoms with E-state index in [1.165, 1.54) is 66.8 Å². The minimum atomic E-state index is -0.487. The maximum absolute atomic E-state index is 8.10. The van der Waals surface area contributed by atoms with Gasteiger partial charge in [-0.1, -0.05) is 172 Å². The van der Waals surface area contributed by atoms with E-state index < -0.39 is 11.9 Å². The lowest BCUT2D eigenvalue weighted by Crippen LogP contribution is -2.26. The van der Waals surface area contributed by atoms with Gasteiger partial charge in [-0.15, -0.1) is 0 Å². The van der Waals surface area contributed by atoms with Crippen LogP contribution in [0.25, 0.3) is 50.6 Å². The first kappa shape index (κ1) is 28.8. The number of anilines is 3. The van der Waals surface area contributed by atoms with Gasteiger partial charge in [0.25, 0.3) is 0 Å². The highest BCUT2D eigenvalue weighted by Crippen LogP contribution is 2.63. The molecule has 55 heavy (non-hydrogen) atoms. The lowest BCUT2D eigenvalue weighted by atomic mass is 9.70. The van der Waals surface area contributed by atoms with E-state index in [1.54, 1.807) is 0 Å². The molecule has 0 saturated heterocycles. The van der Waals surface area contributed by atoms with Crippen molar-refractivity contribution in [3.05, 3.63) is 227 Å². The molecular weight excluding hydrogens is 663 g/mol. The summed E-state index contributed by atoms with van der Waals surface area (Å²) in [6, 6.07) is 66.0. The third-order valence-electron chi connectivity index (χ3n) is 12.6. The highest BCUT2D eigenvalue weighted by molar-refractivity contribution is 5.96. The maximum atomic E-state index is 8.10. The Bertz CT molecular complexity index is 2940. The Kier molecular flexibility index (Phi) is 6.09. The van der Waals surface area contributed by atoms with Gasteiger partial charge >= 0.3 is 0 Å². The zero-order chi connectivity index (χ0) is 39.3. The molecule has 0 heterocycles. The molecule has 0 fully saturated rings. The molecule has 1 heteroatoms. The van der Waals surface area contributed by atoms with Crippen molar-refractivity contribution < 1.29 is 4.11 Å². The average molecular weight is 705 g/mol. The van der Waals surface area contributed by atoms with E-state index in [-0.39, 0.29) is 11.5 Å². The van der Waals surface area contributed by atoms with E-state index in [0.717, 1.165) is 28.2 Å². The molecule has 8 aromatic rings. The van der Waals surface area contributed by atoms with Crippen LogP contribution >= 0.6 is 0 Å². The van der Waals surface area contributed by atoms with Crippen LogP contribution in [0.4, 0.5) is 17.1 Å². The maximum Gasteiger partial charge on any atom is 0.0726 e. The highest BCUT2D eigenvalue weighted by Gasteiger charge is 2.51. The fourth-order valence-electron chi connectivity index (χ4n) is 10.0. The van der Waals surface area contributed by atoms with Crippen LogP contribution in [0.1, 0.15) is 56.9 Å². The van der Waals surface area contributed by atoms with Crippen molar-refractivity contribution in [1.82, 2.24) is 0 Å². The second-order valence-electron chi connectivity index (χ2n) is 15.6. The Balaban J connectivity index is 1.11. The van der Waals surface area contributed by atoms with Crippen LogP contribution in [0.2, 0.25) is 0 Å². The lowest BCUT2D eigenvalue weighted by molar-refractivity contribution is 0.660. The van der Waals surface area contributed by atoms with Crippen LogP contribution in [0.5, 0.6) is 0 Å². The molecule has 0 unspecified atom stereocenters. The predicted molar refractivity (Wildman–Crippen MR) is 231 cm³/mol. The van der Waals surface area contributed by atoms with E-state index in [0.29, 0.717) is 5.56 Å². The monoisotopic (exact) mass is 704 g/mol. The number of benzene rings is 8. The predicted octanol–water partition coefficient (Wildman–Crippen LogP) is 14.1. The van der Waals surface area contributed by atoms with Gasteiger partial charge in [0.15, 0.2) is 0 Å². The number of hydrogen-bond acceptors (Lipinski definition) is 1. The van der Waals surface area contributed by atoms with Gasteiger partial charge in [-0.25, -0.2) is 0 Å². The van der Waals surface area contributed by atoms with Crippen molar-refractivity contribution >= 4 is 23.1 Å². The summed E-state index contributed by atoms with van der Waals surface area (Å²) in [6.45, 7) is 4.19. The van der Waals surface area contributed by atoms with Gasteiger partial charge in [-0.2, -0.15) is 0 Å². The molecule has 0 atom stereocenters. The van der Waals surface area contributed by atoms with E-state index >= 15 is 0 Å².